The zero-order valence-electron chi connectivity index (χ0n) is 18.3. The summed E-state index contributed by atoms with van der Waals surface area (Å²) >= 11 is 11.4. The van der Waals surface area contributed by atoms with Gasteiger partial charge in [0, 0.05) is 23.2 Å². The molecular formula is C24H22ClN5O3S. The van der Waals surface area contributed by atoms with E-state index in [-0.39, 0.29) is 16.3 Å². The number of para-hydroxylation sites is 1. The van der Waals surface area contributed by atoms with Gasteiger partial charge in [-0.2, -0.15) is 5.10 Å². The van der Waals surface area contributed by atoms with Crippen LogP contribution in [0.1, 0.15) is 50.6 Å². The number of hydrazone groups is 1. The van der Waals surface area contributed by atoms with Crippen LogP contribution in [0.4, 0.5) is 5.69 Å². The molecule has 0 saturated heterocycles. The number of nitrogens with zero attached hydrogens (tertiary/aromatic N) is 1. The Morgan fingerprint density at radius 1 is 1.00 bits per heavy atom. The van der Waals surface area contributed by atoms with Gasteiger partial charge in [-0.3, -0.25) is 25.9 Å². The van der Waals surface area contributed by atoms with E-state index >= 15 is 0 Å². The van der Waals surface area contributed by atoms with E-state index in [0.29, 0.717) is 29.3 Å². The molecule has 1 aliphatic rings. The Morgan fingerprint density at radius 2 is 1.71 bits per heavy atom. The molecule has 0 bridgehead atoms. The molecule has 0 radical (unpaired) electrons. The van der Waals surface area contributed by atoms with Crippen molar-refractivity contribution in [2.24, 2.45) is 5.10 Å². The molecule has 0 spiro atoms. The average molecular weight is 496 g/mol. The molecule has 0 fully saturated rings. The fourth-order valence-electron chi connectivity index (χ4n) is 3.68. The molecular weight excluding hydrogens is 474 g/mol. The van der Waals surface area contributed by atoms with Crippen LogP contribution in [0.15, 0.2) is 64.1 Å². The molecule has 1 heterocycles. The number of amides is 2. The van der Waals surface area contributed by atoms with Gasteiger partial charge in [0.05, 0.1) is 16.3 Å². The Hall–Kier alpha value is -3.69. The number of hydrazine groups is 1. The van der Waals surface area contributed by atoms with Gasteiger partial charge in [-0.15, -0.1) is 0 Å². The van der Waals surface area contributed by atoms with Gasteiger partial charge < -0.3 is 9.73 Å². The van der Waals surface area contributed by atoms with Crippen molar-refractivity contribution >= 4 is 52.1 Å². The molecule has 34 heavy (non-hydrogen) atoms. The normalized spacial score (nSPS) is 13.6. The zero-order chi connectivity index (χ0) is 24.1. The van der Waals surface area contributed by atoms with Gasteiger partial charge in [0.1, 0.15) is 5.76 Å². The quantitative estimate of drug-likeness (QED) is 0.317. The van der Waals surface area contributed by atoms with Gasteiger partial charge in [-0.25, -0.2) is 0 Å². The second-order valence-electron chi connectivity index (χ2n) is 7.59. The molecule has 2 amide bonds. The number of hydrogen-bond donors (Lipinski definition) is 4. The number of hydrogen-bond acceptors (Lipinski definition) is 5. The third-order valence-corrected chi connectivity index (χ3v) is 5.79. The maximum absolute atomic E-state index is 12.7. The van der Waals surface area contributed by atoms with Crippen molar-refractivity contribution in [1.29, 1.82) is 0 Å². The largest absolute Gasteiger partial charge is 0.455 e. The number of aryl methyl sites for hydroxylation is 1. The van der Waals surface area contributed by atoms with Crippen molar-refractivity contribution in [1.82, 2.24) is 16.3 Å². The molecule has 3 aromatic rings. The Balaban J connectivity index is 1.45. The first-order chi connectivity index (χ1) is 16.4. The third-order valence-electron chi connectivity index (χ3n) is 5.26. The summed E-state index contributed by atoms with van der Waals surface area (Å²) in [6.07, 6.45) is 2.21. The van der Waals surface area contributed by atoms with Crippen LogP contribution < -0.4 is 21.6 Å². The highest BCUT2D eigenvalue weighted by atomic mass is 35.5. The van der Waals surface area contributed by atoms with E-state index < -0.39 is 11.8 Å². The first-order valence-electron chi connectivity index (χ1n) is 10.6. The summed E-state index contributed by atoms with van der Waals surface area (Å²) in [4.78, 5) is 25.1. The summed E-state index contributed by atoms with van der Waals surface area (Å²) in [5, 5.41) is 8.17. The smallest absolute Gasteiger partial charge is 0.305 e. The van der Waals surface area contributed by atoms with E-state index in [1.165, 1.54) is 0 Å². The number of furan rings is 1. The van der Waals surface area contributed by atoms with Crippen LogP contribution in [0.3, 0.4) is 0 Å². The molecule has 2 aromatic carbocycles. The molecule has 1 aromatic heterocycles. The molecule has 0 aliphatic heterocycles. The second kappa shape index (κ2) is 10.5. The molecule has 174 valence electrons. The Kier molecular flexibility index (Phi) is 7.24. The third kappa shape index (κ3) is 5.27. The van der Waals surface area contributed by atoms with Gasteiger partial charge in [0.2, 0.25) is 0 Å². The summed E-state index contributed by atoms with van der Waals surface area (Å²) < 4.78 is 5.85. The number of carbonyl (C=O) groups excluding carboxylic acids is 2. The van der Waals surface area contributed by atoms with Crippen molar-refractivity contribution in [2.75, 3.05) is 5.32 Å². The van der Waals surface area contributed by atoms with Crippen LogP contribution in [0.25, 0.3) is 0 Å². The summed E-state index contributed by atoms with van der Waals surface area (Å²) in [7, 11) is 0. The van der Waals surface area contributed by atoms with Crippen molar-refractivity contribution < 1.29 is 14.0 Å². The number of thiocarbonyl (C=S) groups is 1. The number of anilines is 1. The molecule has 8 nitrogen and oxygen atoms in total. The van der Waals surface area contributed by atoms with Gasteiger partial charge in [-0.05, 0) is 56.2 Å². The highest BCUT2D eigenvalue weighted by molar-refractivity contribution is 7.80. The summed E-state index contributed by atoms with van der Waals surface area (Å²) in [6, 6.07) is 16.1. The van der Waals surface area contributed by atoms with Gasteiger partial charge in [-0.1, -0.05) is 41.9 Å². The molecule has 4 N–H and O–H groups in total. The summed E-state index contributed by atoms with van der Waals surface area (Å²) in [5.74, 6) is -0.308. The number of benzene rings is 2. The van der Waals surface area contributed by atoms with Crippen LogP contribution in [0.2, 0.25) is 5.02 Å². The fraction of sp³-hybridized carbons (Fsp3) is 0.167. The van der Waals surface area contributed by atoms with Gasteiger partial charge in [0.25, 0.3) is 5.91 Å². The van der Waals surface area contributed by atoms with E-state index in [2.05, 4.69) is 26.7 Å². The van der Waals surface area contributed by atoms with Crippen molar-refractivity contribution in [2.45, 2.75) is 26.2 Å². The van der Waals surface area contributed by atoms with E-state index in [4.69, 9.17) is 28.2 Å². The minimum atomic E-state index is -0.569. The van der Waals surface area contributed by atoms with E-state index in [0.717, 1.165) is 23.4 Å². The van der Waals surface area contributed by atoms with E-state index in [9.17, 15) is 9.59 Å². The number of nitrogens with one attached hydrogen (secondary N) is 4. The summed E-state index contributed by atoms with van der Waals surface area (Å²) in [6.45, 7) is 1.79. The number of halogens is 1. The maximum Gasteiger partial charge on any atom is 0.305 e. The first kappa shape index (κ1) is 23.5. The number of carbonyl (C=O) groups is 2. The van der Waals surface area contributed by atoms with Crippen molar-refractivity contribution in [3.63, 3.8) is 0 Å². The minimum Gasteiger partial charge on any atom is -0.455 e. The predicted octanol–water partition coefficient (Wildman–Crippen LogP) is 4.34. The fourth-order valence-corrected chi connectivity index (χ4v) is 4.06. The zero-order valence-corrected chi connectivity index (χ0v) is 19.8. The SMILES string of the molecule is Cc1c(C(=O)NNC(=O)c2ccccc2Cl)oc2c1/C(=N/NC(=S)Nc1ccccc1)CCC2. The van der Waals surface area contributed by atoms with Crippen molar-refractivity contribution in [3.05, 3.63) is 87.8 Å². The monoisotopic (exact) mass is 495 g/mol. The maximum atomic E-state index is 12.7. The lowest BCUT2D eigenvalue weighted by atomic mass is 9.93. The number of rotatable bonds is 4. The highest BCUT2D eigenvalue weighted by Crippen LogP contribution is 2.29. The van der Waals surface area contributed by atoms with Crippen molar-refractivity contribution in [3.8, 4) is 0 Å². The molecule has 0 atom stereocenters. The van der Waals surface area contributed by atoms with E-state index in [1.54, 1.807) is 31.2 Å². The van der Waals surface area contributed by atoms with E-state index in [1.807, 2.05) is 30.3 Å². The molecule has 1 aliphatic carbocycles. The first-order valence-corrected chi connectivity index (χ1v) is 11.4. The Bertz CT molecular complexity index is 1270. The number of fused-ring (bicyclic) bond motifs is 1. The topological polar surface area (TPSA) is 108 Å². The van der Waals surface area contributed by atoms with Crippen LogP contribution in [-0.2, 0) is 6.42 Å². The molecule has 4 rings (SSSR count). The van der Waals surface area contributed by atoms with Gasteiger partial charge >= 0.3 is 5.91 Å². The average Bonchev–Trinajstić information content (AvgIpc) is 3.19. The second-order valence-corrected chi connectivity index (χ2v) is 8.40. The standard InChI is InChI=1S/C24H22ClN5O3S/c1-14-20-18(27-30-24(34)26-15-8-3-2-4-9-15)12-7-13-19(20)33-21(14)23(32)29-28-22(31)16-10-5-6-11-17(16)25/h2-6,8-11H,7,12-13H2,1H3,(H,28,31)(H,29,32)(H2,26,30,34)/b27-18+. The lowest BCUT2D eigenvalue weighted by Crippen LogP contribution is -2.41. The lowest BCUT2D eigenvalue weighted by molar-refractivity contribution is 0.0829. The Labute approximate surface area is 206 Å². The van der Waals surface area contributed by atoms with Crippen LogP contribution in [0.5, 0.6) is 0 Å². The molecule has 0 saturated carbocycles. The minimum absolute atomic E-state index is 0.115. The molecule has 0 unspecified atom stereocenters. The van der Waals surface area contributed by atoms with Gasteiger partial charge in [0.15, 0.2) is 10.9 Å². The summed E-state index contributed by atoms with van der Waals surface area (Å²) in [5.41, 5.74) is 10.9. The highest BCUT2D eigenvalue weighted by Gasteiger charge is 2.28. The predicted molar refractivity (Wildman–Crippen MR) is 135 cm³/mol. The van der Waals surface area contributed by atoms with Crippen LogP contribution >= 0.6 is 23.8 Å². The van der Waals surface area contributed by atoms with Crippen LogP contribution in [-0.4, -0.2) is 22.6 Å². The lowest BCUT2D eigenvalue weighted by Gasteiger charge is -2.14. The molecule has 10 heteroatoms. The van der Waals surface area contributed by atoms with Crippen LogP contribution in [0, 0.1) is 6.92 Å². The Morgan fingerprint density at radius 3 is 2.47 bits per heavy atom.